The number of benzene rings is 6. The number of allylic oxidation sites excluding steroid dienone is 1. The van der Waals surface area contributed by atoms with Crippen LogP contribution >= 0.6 is 0 Å². The van der Waals surface area contributed by atoms with Crippen LogP contribution in [0.2, 0.25) is 0 Å². The third-order valence-electron chi connectivity index (χ3n) is 15.0. The SMILES string of the molecule is CC(C)(C)C1=CN(c2cc(C(C)(C)C)cc(C(C)(C)C)c2)CN1c1cc(Oc2cc(C(C)(C)C)c3c4ccccc4n(-c4cc(C(C)(C)c5ccccc5)ccn4)c3c2)cc(C(C)(C)c2ccccc2)c1. The lowest BCUT2D eigenvalue weighted by Crippen LogP contribution is -2.31. The number of fused-ring (bicyclic) bond motifs is 3. The van der Waals surface area contributed by atoms with Gasteiger partial charge in [0.05, 0.1) is 17.7 Å². The van der Waals surface area contributed by atoms with E-state index in [0.717, 1.165) is 34.0 Å². The summed E-state index contributed by atoms with van der Waals surface area (Å²) in [7, 11) is 0. The lowest BCUT2D eigenvalue weighted by atomic mass is 9.78. The van der Waals surface area contributed by atoms with E-state index in [1.165, 1.54) is 61.1 Å². The topological polar surface area (TPSA) is 33.5 Å². The highest BCUT2D eigenvalue weighted by molar-refractivity contribution is 6.11. The fraction of sp³-hybridized carbons (Fsp3) is 0.348. The van der Waals surface area contributed by atoms with Gasteiger partial charge in [0.25, 0.3) is 0 Å². The highest BCUT2D eigenvalue weighted by Gasteiger charge is 2.35. The van der Waals surface area contributed by atoms with Gasteiger partial charge >= 0.3 is 0 Å². The fourth-order valence-corrected chi connectivity index (χ4v) is 10.3. The fourth-order valence-electron chi connectivity index (χ4n) is 10.3. The van der Waals surface area contributed by atoms with Crippen LogP contribution in [0.4, 0.5) is 11.4 Å². The first-order valence-corrected chi connectivity index (χ1v) is 25.6. The highest BCUT2D eigenvalue weighted by atomic mass is 16.5. The van der Waals surface area contributed by atoms with Crippen LogP contribution in [0.15, 0.2) is 164 Å². The third kappa shape index (κ3) is 9.53. The van der Waals surface area contributed by atoms with Gasteiger partial charge in [0.2, 0.25) is 0 Å². The molecule has 5 nitrogen and oxygen atoms in total. The van der Waals surface area contributed by atoms with Crippen LogP contribution in [0.5, 0.6) is 11.5 Å². The molecule has 0 atom stereocenters. The zero-order valence-electron chi connectivity index (χ0n) is 45.4. The largest absolute Gasteiger partial charge is 0.457 e. The normalized spacial score (nSPS) is 14.2. The Morgan fingerprint density at radius 1 is 0.437 bits per heavy atom. The Labute approximate surface area is 425 Å². The Balaban J connectivity index is 1.22. The van der Waals surface area contributed by atoms with Crippen LogP contribution in [0, 0.1) is 5.41 Å². The second-order valence-electron chi connectivity index (χ2n) is 25.2. The van der Waals surface area contributed by atoms with Crippen molar-refractivity contribution in [1.29, 1.82) is 0 Å². The minimum Gasteiger partial charge on any atom is -0.457 e. The van der Waals surface area contributed by atoms with Gasteiger partial charge in [-0.2, -0.15) is 0 Å². The van der Waals surface area contributed by atoms with E-state index >= 15 is 0 Å². The average molecular weight is 941 g/mol. The van der Waals surface area contributed by atoms with Crippen molar-refractivity contribution < 1.29 is 4.74 Å². The maximum atomic E-state index is 7.36. The number of rotatable bonds is 9. The number of nitrogens with zero attached hydrogens (tertiary/aromatic N) is 4. The van der Waals surface area contributed by atoms with E-state index in [1.54, 1.807) is 0 Å². The van der Waals surface area contributed by atoms with Crippen molar-refractivity contribution in [3.05, 3.63) is 203 Å². The predicted octanol–water partition coefficient (Wildman–Crippen LogP) is 17.7. The minimum atomic E-state index is -0.333. The Hall–Kier alpha value is -6.59. The minimum absolute atomic E-state index is 0.000347. The van der Waals surface area contributed by atoms with E-state index < -0.39 is 0 Å². The second kappa shape index (κ2) is 17.6. The molecule has 8 aromatic rings. The van der Waals surface area contributed by atoms with E-state index in [2.05, 4.69) is 277 Å². The Kier molecular flexibility index (Phi) is 12.3. The molecule has 0 unspecified atom stereocenters. The summed E-state index contributed by atoms with van der Waals surface area (Å²) in [6.45, 7) is 37.7. The van der Waals surface area contributed by atoms with Gasteiger partial charge in [-0.25, -0.2) is 4.98 Å². The molecular formula is C66H76N4O. The Morgan fingerprint density at radius 3 is 1.56 bits per heavy atom. The molecule has 1 aliphatic heterocycles. The molecule has 3 heterocycles. The van der Waals surface area contributed by atoms with Crippen LogP contribution in [-0.2, 0) is 27.1 Å². The summed E-state index contributed by atoms with van der Waals surface area (Å²) in [5.41, 5.74) is 13.6. The zero-order chi connectivity index (χ0) is 51.1. The summed E-state index contributed by atoms with van der Waals surface area (Å²) in [5, 5.41) is 2.42. The van der Waals surface area contributed by atoms with Crippen molar-refractivity contribution >= 4 is 33.2 Å². The van der Waals surface area contributed by atoms with Gasteiger partial charge in [0.1, 0.15) is 17.3 Å². The van der Waals surface area contributed by atoms with Crippen molar-refractivity contribution in [2.75, 3.05) is 16.5 Å². The van der Waals surface area contributed by atoms with Gasteiger partial charge < -0.3 is 14.5 Å². The molecule has 1 aliphatic rings. The van der Waals surface area contributed by atoms with Gasteiger partial charge in [-0.3, -0.25) is 4.57 Å². The molecule has 0 aliphatic carbocycles. The number of pyridine rings is 1. The van der Waals surface area contributed by atoms with Crippen LogP contribution < -0.4 is 14.5 Å². The highest BCUT2D eigenvalue weighted by Crippen LogP contribution is 2.46. The number of ether oxygens (including phenoxy) is 1. The molecule has 0 bridgehead atoms. The molecule has 0 saturated heterocycles. The first-order valence-electron chi connectivity index (χ1n) is 25.6. The summed E-state index contributed by atoms with van der Waals surface area (Å²) >= 11 is 0. The molecule has 71 heavy (non-hydrogen) atoms. The van der Waals surface area contributed by atoms with Gasteiger partial charge in [0.15, 0.2) is 0 Å². The van der Waals surface area contributed by atoms with Gasteiger partial charge in [-0.1, -0.05) is 196 Å². The number of hydrogen-bond donors (Lipinski definition) is 0. The first kappa shape index (κ1) is 49.4. The van der Waals surface area contributed by atoms with Crippen LogP contribution in [0.25, 0.3) is 27.6 Å². The van der Waals surface area contributed by atoms with Crippen molar-refractivity contribution in [3.8, 4) is 17.3 Å². The summed E-state index contributed by atoms with van der Waals surface area (Å²) < 4.78 is 9.71. The maximum absolute atomic E-state index is 7.36. The number of aromatic nitrogens is 2. The molecule has 6 aromatic carbocycles. The van der Waals surface area contributed by atoms with Crippen molar-refractivity contribution in [2.45, 2.75) is 138 Å². The smallest absolute Gasteiger partial charge is 0.137 e. The summed E-state index contributed by atoms with van der Waals surface area (Å²) in [4.78, 5) is 10.1. The lowest BCUT2D eigenvalue weighted by Gasteiger charge is -2.33. The molecule has 5 heteroatoms. The number of para-hydroxylation sites is 1. The van der Waals surface area contributed by atoms with Crippen molar-refractivity contribution in [3.63, 3.8) is 0 Å². The molecule has 2 aromatic heterocycles. The molecule has 0 radical (unpaired) electrons. The lowest BCUT2D eigenvalue weighted by molar-refractivity contribution is 0.475. The molecule has 0 N–H and O–H groups in total. The summed E-state index contributed by atoms with van der Waals surface area (Å²) in [5.74, 6) is 2.46. The monoisotopic (exact) mass is 941 g/mol. The molecule has 0 fully saturated rings. The van der Waals surface area contributed by atoms with Crippen LogP contribution in [0.1, 0.15) is 150 Å². The molecule has 366 valence electrons. The van der Waals surface area contributed by atoms with Crippen molar-refractivity contribution in [2.24, 2.45) is 5.41 Å². The molecule has 0 spiro atoms. The number of hydrogen-bond acceptors (Lipinski definition) is 4. The molecule has 0 saturated carbocycles. The molecule has 9 rings (SSSR count). The predicted molar refractivity (Wildman–Crippen MR) is 302 cm³/mol. The molecular weight excluding hydrogens is 865 g/mol. The van der Waals surface area contributed by atoms with E-state index in [-0.39, 0.29) is 32.5 Å². The average Bonchev–Trinajstić information content (AvgIpc) is 3.92. The van der Waals surface area contributed by atoms with Crippen LogP contribution in [0.3, 0.4) is 0 Å². The zero-order valence-corrected chi connectivity index (χ0v) is 45.4. The third-order valence-corrected chi connectivity index (χ3v) is 15.0. The summed E-state index contributed by atoms with van der Waals surface area (Å²) in [6.07, 6.45) is 4.35. The van der Waals surface area contributed by atoms with Gasteiger partial charge in [-0.15, -0.1) is 0 Å². The van der Waals surface area contributed by atoms with Gasteiger partial charge in [-0.05, 0) is 104 Å². The second-order valence-corrected chi connectivity index (χ2v) is 25.2. The molecule has 0 amide bonds. The summed E-state index contributed by atoms with van der Waals surface area (Å²) in [6, 6.07) is 53.5. The van der Waals surface area contributed by atoms with Gasteiger partial charge in [0, 0.05) is 68.6 Å². The van der Waals surface area contributed by atoms with E-state index in [9.17, 15) is 0 Å². The number of anilines is 2. The van der Waals surface area contributed by atoms with E-state index in [1.807, 2.05) is 6.20 Å². The van der Waals surface area contributed by atoms with Crippen molar-refractivity contribution in [1.82, 2.24) is 9.55 Å². The quantitative estimate of drug-likeness (QED) is 0.144. The first-order chi connectivity index (χ1) is 33.2. The van der Waals surface area contributed by atoms with Crippen LogP contribution in [-0.4, -0.2) is 16.2 Å². The standard InChI is InChI=1S/C66H76N4O/c1-61(2,3)47-33-48(62(4,5)6)35-50(34-47)68-42-58(64(10,11)12)69(43-68)51-36-49(66(15,16)45-27-21-18-22-28-45)37-52(39-51)71-53-40-55(63(7,8)9)60-54-29-23-24-30-56(54)70(57(60)41-53)59-38-46(31-32-67-59)65(13,14)44-25-19-17-20-26-44/h17-42H,43H2,1-16H3. The Bertz CT molecular complexity index is 3260. The van der Waals surface area contributed by atoms with E-state index in [4.69, 9.17) is 9.72 Å². The Morgan fingerprint density at radius 2 is 0.986 bits per heavy atom. The van der Waals surface area contributed by atoms with E-state index in [0.29, 0.717) is 6.67 Å². The maximum Gasteiger partial charge on any atom is 0.137 e.